The van der Waals surface area contributed by atoms with Crippen LogP contribution in [0.4, 0.5) is 0 Å². The summed E-state index contributed by atoms with van der Waals surface area (Å²) in [7, 11) is 0. The summed E-state index contributed by atoms with van der Waals surface area (Å²) >= 11 is 3.40. The van der Waals surface area contributed by atoms with Crippen LogP contribution >= 0.6 is 15.9 Å². The van der Waals surface area contributed by atoms with Gasteiger partial charge in [-0.15, -0.1) is 0 Å². The van der Waals surface area contributed by atoms with E-state index in [0.717, 1.165) is 24.0 Å². The smallest absolute Gasteiger partial charge is 0.129 e. The largest absolute Gasteiger partial charge is 0.313 e. The van der Waals surface area contributed by atoms with Gasteiger partial charge in [-0.1, -0.05) is 28.1 Å². The maximum atomic E-state index is 10.7. The highest BCUT2D eigenvalue weighted by Crippen LogP contribution is 2.10. The molecule has 0 spiro atoms. The molecule has 0 unspecified atom stereocenters. The number of carbonyl (C=O) groups is 1. The molecular weight excluding hydrogens is 254 g/mol. The second kappa shape index (κ2) is 6.75. The quantitative estimate of drug-likeness (QED) is 0.805. The molecular formula is C12H16BrNO. The molecule has 1 N–H and O–H groups in total. The second-order valence-corrected chi connectivity index (χ2v) is 4.52. The van der Waals surface area contributed by atoms with E-state index in [1.165, 1.54) is 5.56 Å². The normalized spacial score (nSPS) is 10.3. The van der Waals surface area contributed by atoms with Crippen molar-refractivity contribution in [1.82, 2.24) is 5.32 Å². The van der Waals surface area contributed by atoms with Gasteiger partial charge in [0.15, 0.2) is 0 Å². The third-order valence-electron chi connectivity index (χ3n) is 2.12. The summed E-state index contributed by atoms with van der Waals surface area (Å²) in [6.45, 7) is 3.40. The van der Waals surface area contributed by atoms with Crippen LogP contribution in [0.3, 0.4) is 0 Å². The fourth-order valence-electron chi connectivity index (χ4n) is 1.30. The van der Waals surface area contributed by atoms with Crippen LogP contribution in [0.15, 0.2) is 28.7 Å². The van der Waals surface area contributed by atoms with Gasteiger partial charge in [0.2, 0.25) is 0 Å². The zero-order valence-electron chi connectivity index (χ0n) is 8.92. The van der Waals surface area contributed by atoms with Gasteiger partial charge in [0, 0.05) is 17.4 Å². The molecule has 0 aromatic heterocycles. The molecule has 0 saturated carbocycles. The first-order chi connectivity index (χ1) is 7.18. The van der Waals surface area contributed by atoms with Crippen molar-refractivity contribution in [2.75, 3.05) is 6.54 Å². The van der Waals surface area contributed by atoms with Gasteiger partial charge >= 0.3 is 0 Å². The Bertz CT molecular complexity index is 308. The van der Waals surface area contributed by atoms with Crippen molar-refractivity contribution in [3.63, 3.8) is 0 Å². The average molecular weight is 270 g/mol. The summed E-state index contributed by atoms with van der Waals surface area (Å²) < 4.78 is 1.10. The third kappa shape index (κ3) is 5.70. The van der Waals surface area contributed by atoms with E-state index in [2.05, 4.69) is 33.4 Å². The molecule has 0 fully saturated rings. The van der Waals surface area contributed by atoms with Crippen molar-refractivity contribution in [1.29, 1.82) is 0 Å². The summed E-state index contributed by atoms with van der Waals surface area (Å²) in [6.07, 6.45) is 1.60. The molecule has 15 heavy (non-hydrogen) atoms. The third-order valence-corrected chi connectivity index (χ3v) is 2.65. The molecule has 0 aliphatic rings. The predicted molar refractivity (Wildman–Crippen MR) is 65.8 cm³/mol. The zero-order valence-corrected chi connectivity index (χ0v) is 10.5. The van der Waals surface area contributed by atoms with Crippen molar-refractivity contribution in [2.24, 2.45) is 0 Å². The lowest BCUT2D eigenvalue weighted by molar-refractivity contribution is -0.117. The summed E-state index contributed by atoms with van der Waals surface area (Å²) in [4.78, 5) is 10.7. The van der Waals surface area contributed by atoms with E-state index in [0.29, 0.717) is 6.42 Å². The molecule has 0 aliphatic carbocycles. The highest BCUT2D eigenvalue weighted by atomic mass is 79.9. The van der Waals surface area contributed by atoms with Crippen LogP contribution in [0.5, 0.6) is 0 Å². The SMILES string of the molecule is CC(=O)CCCNCc1ccc(Br)cc1. The minimum absolute atomic E-state index is 0.264. The van der Waals surface area contributed by atoms with E-state index < -0.39 is 0 Å². The van der Waals surface area contributed by atoms with E-state index in [9.17, 15) is 4.79 Å². The molecule has 0 saturated heterocycles. The number of benzene rings is 1. The van der Waals surface area contributed by atoms with Gasteiger partial charge in [0.25, 0.3) is 0 Å². The molecule has 0 atom stereocenters. The monoisotopic (exact) mass is 269 g/mol. The number of rotatable bonds is 6. The van der Waals surface area contributed by atoms with Gasteiger partial charge in [-0.05, 0) is 37.6 Å². The molecule has 1 aromatic rings. The number of hydrogen-bond donors (Lipinski definition) is 1. The van der Waals surface area contributed by atoms with Gasteiger partial charge < -0.3 is 10.1 Å². The lowest BCUT2D eigenvalue weighted by atomic mass is 10.2. The molecule has 82 valence electrons. The van der Waals surface area contributed by atoms with E-state index in [1.807, 2.05) is 12.1 Å². The van der Waals surface area contributed by atoms with Crippen LogP contribution in [0.1, 0.15) is 25.3 Å². The zero-order chi connectivity index (χ0) is 11.1. The molecule has 0 aliphatic heterocycles. The first-order valence-electron chi connectivity index (χ1n) is 5.13. The Morgan fingerprint density at radius 2 is 2.00 bits per heavy atom. The minimum Gasteiger partial charge on any atom is -0.313 e. The van der Waals surface area contributed by atoms with Crippen molar-refractivity contribution in [2.45, 2.75) is 26.3 Å². The number of halogens is 1. The Hall–Kier alpha value is -0.670. The first kappa shape index (κ1) is 12.4. The summed E-state index contributed by atoms with van der Waals surface area (Å²) in [5, 5.41) is 3.31. The lowest BCUT2D eigenvalue weighted by Gasteiger charge is -2.04. The van der Waals surface area contributed by atoms with E-state index in [4.69, 9.17) is 0 Å². The fraction of sp³-hybridized carbons (Fsp3) is 0.417. The van der Waals surface area contributed by atoms with Gasteiger partial charge in [-0.2, -0.15) is 0 Å². The highest BCUT2D eigenvalue weighted by Gasteiger charge is 1.94. The van der Waals surface area contributed by atoms with Crippen LogP contribution in [-0.4, -0.2) is 12.3 Å². The summed E-state index contributed by atoms with van der Waals surface area (Å²) in [5.74, 6) is 0.264. The summed E-state index contributed by atoms with van der Waals surface area (Å²) in [6, 6.07) is 8.24. The Balaban J connectivity index is 2.15. The standard InChI is InChI=1S/C12H16BrNO/c1-10(15)3-2-8-14-9-11-4-6-12(13)7-5-11/h4-7,14H,2-3,8-9H2,1H3. The van der Waals surface area contributed by atoms with E-state index >= 15 is 0 Å². The van der Waals surface area contributed by atoms with Gasteiger partial charge in [-0.25, -0.2) is 0 Å². The van der Waals surface area contributed by atoms with Crippen LogP contribution in [0, 0.1) is 0 Å². The maximum absolute atomic E-state index is 10.7. The lowest BCUT2D eigenvalue weighted by Crippen LogP contribution is -2.15. The van der Waals surface area contributed by atoms with E-state index in [1.54, 1.807) is 6.92 Å². The van der Waals surface area contributed by atoms with Gasteiger partial charge in [0.05, 0.1) is 0 Å². The van der Waals surface area contributed by atoms with Gasteiger partial charge in [0.1, 0.15) is 5.78 Å². The first-order valence-corrected chi connectivity index (χ1v) is 5.92. The predicted octanol–water partition coefficient (Wildman–Crippen LogP) is 2.91. The Morgan fingerprint density at radius 3 is 2.60 bits per heavy atom. The molecule has 1 rings (SSSR count). The van der Waals surface area contributed by atoms with Crippen LogP contribution < -0.4 is 5.32 Å². The maximum Gasteiger partial charge on any atom is 0.129 e. The van der Waals surface area contributed by atoms with Crippen molar-refractivity contribution in [3.8, 4) is 0 Å². The summed E-state index contributed by atoms with van der Waals surface area (Å²) in [5.41, 5.74) is 1.26. The second-order valence-electron chi connectivity index (χ2n) is 3.61. The number of Topliss-reactive ketones (excluding diaryl/α,β-unsaturated/α-hetero) is 1. The molecule has 0 amide bonds. The van der Waals surface area contributed by atoms with Crippen molar-refractivity contribution in [3.05, 3.63) is 34.3 Å². The molecule has 3 heteroatoms. The Labute approximate surface area is 99.2 Å². The molecule has 0 radical (unpaired) electrons. The molecule has 2 nitrogen and oxygen atoms in total. The van der Waals surface area contributed by atoms with Gasteiger partial charge in [-0.3, -0.25) is 0 Å². The Morgan fingerprint density at radius 1 is 1.33 bits per heavy atom. The van der Waals surface area contributed by atoms with Crippen LogP contribution in [0.2, 0.25) is 0 Å². The number of hydrogen-bond acceptors (Lipinski definition) is 2. The number of nitrogens with one attached hydrogen (secondary N) is 1. The molecule has 0 bridgehead atoms. The topological polar surface area (TPSA) is 29.1 Å². The van der Waals surface area contributed by atoms with Crippen molar-refractivity contribution >= 4 is 21.7 Å². The Kier molecular flexibility index (Phi) is 5.58. The van der Waals surface area contributed by atoms with Crippen molar-refractivity contribution < 1.29 is 4.79 Å². The van der Waals surface area contributed by atoms with E-state index in [-0.39, 0.29) is 5.78 Å². The highest BCUT2D eigenvalue weighted by molar-refractivity contribution is 9.10. The molecule has 0 heterocycles. The molecule has 1 aromatic carbocycles. The van der Waals surface area contributed by atoms with Crippen LogP contribution in [-0.2, 0) is 11.3 Å². The fourth-order valence-corrected chi connectivity index (χ4v) is 1.56. The minimum atomic E-state index is 0.264. The number of ketones is 1. The number of carbonyl (C=O) groups excluding carboxylic acids is 1. The average Bonchev–Trinajstić information content (AvgIpc) is 2.20. The van der Waals surface area contributed by atoms with Crippen LogP contribution in [0.25, 0.3) is 0 Å².